The summed E-state index contributed by atoms with van der Waals surface area (Å²) in [6.45, 7) is 5.92. The predicted octanol–water partition coefficient (Wildman–Crippen LogP) is 2.91. The molecule has 1 aromatic rings. The Hall–Kier alpha value is -1.13. The molecular weight excluding hydrogens is 257 g/mol. The van der Waals surface area contributed by atoms with Crippen molar-refractivity contribution < 1.29 is 13.9 Å². The van der Waals surface area contributed by atoms with Crippen molar-refractivity contribution in [2.45, 2.75) is 32.9 Å². The van der Waals surface area contributed by atoms with Crippen molar-refractivity contribution in [1.29, 1.82) is 0 Å². The van der Waals surface area contributed by atoms with Crippen LogP contribution in [0.2, 0.25) is 5.02 Å². The number of rotatable bonds is 4. The lowest BCUT2D eigenvalue weighted by Gasteiger charge is -2.19. The van der Waals surface area contributed by atoms with Crippen LogP contribution in [0.25, 0.3) is 0 Å². The number of nitrogens with one attached hydrogen (secondary N) is 1. The van der Waals surface area contributed by atoms with Gasteiger partial charge in [0.05, 0.1) is 10.6 Å². The van der Waals surface area contributed by atoms with Gasteiger partial charge in [0.1, 0.15) is 12.4 Å². The molecule has 100 valence electrons. The molecule has 0 spiro atoms. The molecule has 0 aliphatic carbocycles. The molecular formula is C13H17ClFNO2. The van der Waals surface area contributed by atoms with Gasteiger partial charge in [0, 0.05) is 6.54 Å². The minimum absolute atomic E-state index is 0.00156. The summed E-state index contributed by atoms with van der Waals surface area (Å²) in [5, 5.41) is 2.72. The number of hydrogen-bond donors (Lipinski definition) is 1. The first kappa shape index (κ1) is 14.9. The molecule has 0 atom stereocenters. The van der Waals surface area contributed by atoms with Gasteiger partial charge < -0.3 is 10.1 Å². The third-order valence-corrected chi connectivity index (χ3v) is 2.40. The Labute approximate surface area is 111 Å². The molecule has 0 bridgehead atoms. The Balaban J connectivity index is 2.40. The fourth-order valence-corrected chi connectivity index (χ4v) is 1.39. The number of halogens is 2. The average Bonchev–Trinajstić information content (AvgIpc) is 2.27. The van der Waals surface area contributed by atoms with E-state index in [-0.39, 0.29) is 23.1 Å². The molecule has 0 heterocycles. The van der Waals surface area contributed by atoms with Crippen LogP contribution in [0, 0.1) is 5.82 Å². The Kier molecular flexibility index (Phi) is 5.11. The van der Waals surface area contributed by atoms with Crippen molar-refractivity contribution >= 4 is 17.5 Å². The first-order valence-electron chi connectivity index (χ1n) is 5.62. The zero-order valence-corrected chi connectivity index (χ0v) is 11.5. The summed E-state index contributed by atoms with van der Waals surface area (Å²) in [5.74, 6) is -0.687. The van der Waals surface area contributed by atoms with Crippen LogP contribution in [0.1, 0.15) is 26.3 Å². The van der Waals surface area contributed by atoms with Gasteiger partial charge in [-0.2, -0.15) is 0 Å². The standard InChI is InChI=1S/C13H17ClFNO2/c1-13(2,3)18-8-12(17)16-7-9-4-5-11(15)10(14)6-9/h4-6H,7-8H2,1-3H3,(H,16,17). The maximum absolute atomic E-state index is 12.9. The van der Waals surface area contributed by atoms with Crippen LogP contribution in [-0.2, 0) is 16.1 Å². The van der Waals surface area contributed by atoms with E-state index in [2.05, 4.69) is 5.32 Å². The lowest BCUT2D eigenvalue weighted by atomic mass is 10.2. The third kappa shape index (κ3) is 5.47. The van der Waals surface area contributed by atoms with Gasteiger partial charge in [-0.15, -0.1) is 0 Å². The van der Waals surface area contributed by atoms with Gasteiger partial charge in [-0.25, -0.2) is 4.39 Å². The molecule has 1 aromatic carbocycles. The maximum Gasteiger partial charge on any atom is 0.246 e. The Morgan fingerprint density at radius 2 is 2.11 bits per heavy atom. The first-order chi connectivity index (χ1) is 8.28. The molecule has 5 heteroatoms. The van der Waals surface area contributed by atoms with E-state index >= 15 is 0 Å². The number of carbonyl (C=O) groups is 1. The van der Waals surface area contributed by atoms with E-state index in [0.717, 1.165) is 5.56 Å². The summed E-state index contributed by atoms with van der Waals surface area (Å²) in [6, 6.07) is 4.34. The molecule has 0 unspecified atom stereocenters. The summed E-state index contributed by atoms with van der Waals surface area (Å²) in [4.78, 5) is 11.5. The van der Waals surface area contributed by atoms with E-state index in [0.29, 0.717) is 6.54 Å². The molecule has 1 N–H and O–H groups in total. The Morgan fingerprint density at radius 3 is 2.67 bits per heavy atom. The van der Waals surface area contributed by atoms with Crippen LogP contribution >= 0.6 is 11.6 Å². The molecule has 1 rings (SSSR count). The largest absolute Gasteiger partial charge is 0.366 e. The highest BCUT2D eigenvalue weighted by Gasteiger charge is 2.12. The number of carbonyl (C=O) groups excluding carboxylic acids is 1. The van der Waals surface area contributed by atoms with E-state index in [1.165, 1.54) is 12.1 Å². The second kappa shape index (κ2) is 6.16. The molecule has 0 saturated heterocycles. The highest BCUT2D eigenvalue weighted by atomic mass is 35.5. The molecule has 0 aliphatic heterocycles. The van der Waals surface area contributed by atoms with Crippen LogP contribution in [0.5, 0.6) is 0 Å². The van der Waals surface area contributed by atoms with E-state index in [4.69, 9.17) is 16.3 Å². The topological polar surface area (TPSA) is 38.3 Å². The molecule has 0 fully saturated rings. The van der Waals surface area contributed by atoms with Gasteiger partial charge in [0.25, 0.3) is 0 Å². The summed E-state index contributed by atoms with van der Waals surface area (Å²) < 4.78 is 18.2. The van der Waals surface area contributed by atoms with Crippen LogP contribution in [0.4, 0.5) is 4.39 Å². The summed E-state index contributed by atoms with van der Waals surface area (Å²) >= 11 is 5.64. The van der Waals surface area contributed by atoms with Gasteiger partial charge in [-0.1, -0.05) is 17.7 Å². The van der Waals surface area contributed by atoms with Crippen molar-refractivity contribution in [3.05, 3.63) is 34.6 Å². The number of hydrogen-bond acceptors (Lipinski definition) is 2. The van der Waals surface area contributed by atoms with E-state index in [1.54, 1.807) is 6.07 Å². The average molecular weight is 274 g/mol. The highest BCUT2D eigenvalue weighted by Crippen LogP contribution is 2.15. The lowest BCUT2D eigenvalue weighted by Crippen LogP contribution is -2.31. The molecule has 1 amide bonds. The van der Waals surface area contributed by atoms with Gasteiger partial charge in [0.2, 0.25) is 5.91 Å². The monoisotopic (exact) mass is 273 g/mol. The molecule has 3 nitrogen and oxygen atoms in total. The second-order valence-corrected chi connectivity index (χ2v) is 5.33. The smallest absolute Gasteiger partial charge is 0.246 e. The van der Waals surface area contributed by atoms with E-state index in [9.17, 15) is 9.18 Å². The minimum Gasteiger partial charge on any atom is -0.366 e. The first-order valence-corrected chi connectivity index (χ1v) is 6.00. The molecule has 0 saturated carbocycles. The van der Waals surface area contributed by atoms with Gasteiger partial charge in [-0.05, 0) is 38.5 Å². The van der Waals surface area contributed by atoms with Crippen molar-refractivity contribution in [3.8, 4) is 0 Å². The lowest BCUT2D eigenvalue weighted by molar-refractivity contribution is -0.130. The molecule has 18 heavy (non-hydrogen) atoms. The summed E-state index contributed by atoms with van der Waals surface area (Å²) in [5.41, 5.74) is 0.391. The second-order valence-electron chi connectivity index (χ2n) is 4.93. The molecule has 0 aliphatic rings. The maximum atomic E-state index is 12.9. The van der Waals surface area contributed by atoms with Gasteiger partial charge >= 0.3 is 0 Å². The van der Waals surface area contributed by atoms with Crippen molar-refractivity contribution in [1.82, 2.24) is 5.32 Å². The van der Waals surface area contributed by atoms with Crippen molar-refractivity contribution in [2.75, 3.05) is 6.61 Å². The number of amides is 1. The van der Waals surface area contributed by atoms with Gasteiger partial charge in [0.15, 0.2) is 0 Å². The van der Waals surface area contributed by atoms with Crippen molar-refractivity contribution in [3.63, 3.8) is 0 Å². The molecule has 0 aromatic heterocycles. The normalized spacial score (nSPS) is 11.4. The highest BCUT2D eigenvalue weighted by molar-refractivity contribution is 6.30. The van der Waals surface area contributed by atoms with Crippen LogP contribution in [0.15, 0.2) is 18.2 Å². The fraction of sp³-hybridized carbons (Fsp3) is 0.462. The zero-order chi connectivity index (χ0) is 13.8. The summed E-state index contributed by atoms with van der Waals surface area (Å²) in [7, 11) is 0. The van der Waals surface area contributed by atoms with Crippen LogP contribution < -0.4 is 5.32 Å². The Morgan fingerprint density at radius 1 is 1.44 bits per heavy atom. The van der Waals surface area contributed by atoms with E-state index < -0.39 is 5.82 Å². The fourth-order valence-electron chi connectivity index (χ4n) is 1.18. The summed E-state index contributed by atoms with van der Waals surface area (Å²) in [6.07, 6.45) is 0. The van der Waals surface area contributed by atoms with Crippen LogP contribution in [-0.4, -0.2) is 18.1 Å². The third-order valence-electron chi connectivity index (χ3n) is 2.11. The molecule has 0 radical (unpaired) electrons. The quantitative estimate of drug-likeness (QED) is 0.916. The van der Waals surface area contributed by atoms with Gasteiger partial charge in [-0.3, -0.25) is 4.79 Å². The van der Waals surface area contributed by atoms with Crippen molar-refractivity contribution in [2.24, 2.45) is 0 Å². The number of ether oxygens (including phenoxy) is 1. The minimum atomic E-state index is -0.470. The SMILES string of the molecule is CC(C)(C)OCC(=O)NCc1ccc(F)c(Cl)c1. The Bertz CT molecular complexity index is 429. The van der Waals surface area contributed by atoms with E-state index in [1.807, 2.05) is 20.8 Å². The van der Waals surface area contributed by atoms with Crippen LogP contribution in [0.3, 0.4) is 0 Å². The zero-order valence-electron chi connectivity index (χ0n) is 10.7. The number of benzene rings is 1. The predicted molar refractivity (Wildman–Crippen MR) is 69.0 cm³/mol.